The van der Waals surface area contributed by atoms with Gasteiger partial charge in [-0.2, -0.15) is 0 Å². The van der Waals surface area contributed by atoms with E-state index in [0.717, 1.165) is 5.69 Å². The van der Waals surface area contributed by atoms with Crippen molar-refractivity contribution in [2.75, 3.05) is 19.0 Å². The normalized spacial score (nSPS) is 19.5. The lowest BCUT2D eigenvalue weighted by Gasteiger charge is -2.25. The number of amidine groups is 1. The van der Waals surface area contributed by atoms with Crippen molar-refractivity contribution in [1.82, 2.24) is 10.3 Å². The number of hydrogen-bond acceptors (Lipinski definition) is 4. The Kier molecular flexibility index (Phi) is 4.21. The first-order valence-corrected chi connectivity index (χ1v) is 6.56. The van der Waals surface area contributed by atoms with E-state index in [0.29, 0.717) is 17.7 Å². The van der Waals surface area contributed by atoms with E-state index >= 15 is 0 Å². The van der Waals surface area contributed by atoms with Crippen molar-refractivity contribution in [2.24, 2.45) is 10.9 Å². The van der Waals surface area contributed by atoms with Gasteiger partial charge in [-0.1, -0.05) is 9.70 Å². The first-order chi connectivity index (χ1) is 9.93. The largest absolute Gasteiger partial charge is 0.381 e. The second-order valence-corrected chi connectivity index (χ2v) is 5.20. The third-order valence-corrected chi connectivity index (χ3v) is 3.34. The summed E-state index contributed by atoms with van der Waals surface area (Å²) in [5.41, 5.74) is 7.71. The number of halogens is 1. The monoisotopic (exact) mass is 291 g/mol. The number of rotatable bonds is 3. The molecule has 21 heavy (non-hydrogen) atoms. The van der Waals surface area contributed by atoms with Crippen molar-refractivity contribution >= 4 is 23.0 Å². The molecular formula is C14H18FN5O. The van der Waals surface area contributed by atoms with Crippen LogP contribution in [0.15, 0.2) is 29.1 Å². The van der Waals surface area contributed by atoms with E-state index in [2.05, 4.69) is 15.5 Å². The maximum atomic E-state index is 12.5. The van der Waals surface area contributed by atoms with E-state index in [1.807, 2.05) is 32.0 Å². The van der Waals surface area contributed by atoms with Crippen molar-refractivity contribution < 1.29 is 9.28 Å². The minimum absolute atomic E-state index is 0.0562. The van der Waals surface area contributed by atoms with Crippen molar-refractivity contribution in [3.63, 3.8) is 0 Å². The number of nitrogens with one attached hydrogen (secondary N) is 1. The minimum atomic E-state index is -0.430. The van der Waals surface area contributed by atoms with Crippen LogP contribution in [0.5, 0.6) is 0 Å². The molecule has 0 radical (unpaired) electrons. The molecule has 112 valence electrons. The van der Waals surface area contributed by atoms with Crippen molar-refractivity contribution in [2.45, 2.75) is 19.4 Å². The zero-order valence-electron chi connectivity index (χ0n) is 12.2. The zero-order valence-corrected chi connectivity index (χ0v) is 12.2. The van der Waals surface area contributed by atoms with Crippen molar-refractivity contribution in [3.8, 4) is 0 Å². The summed E-state index contributed by atoms with van der Waals surface area (Å²) in [4.78, 5) is 18.3. The predicted molar refractivity (Wildman–Crippen MR) is 80.4 cm³/mol. The van der Waals surface area contributed by atoms with Gasteiger partial charge >= 0.3 is 0 Å². The lowest BCUT2D eigenvalue weighted by Crippen LogP contribution is -2.42. The molecule has 1 aromatic heterocycles. The fraction of sp³-hybridized carbons (Fsp3) is 0.357. The van der Waals surface area contributed by atoms with E-state index in [1.54, 1.807) is 12.3 Å². The van der Waals surface area contributed by atoms with E-state index in [1.165, 1.54) is 0 Å². The van der Waals surface area contributed by atoms with E-state index in [4.69, 9.17) is 5.73 Å². The molecule has 1 aromatic rings. The second-order valence-electron chi connectivity index (χ2n) is 5.20. The van der Waals surface area contributed by atoms with Crippen LogP contribution in [0.1, 0.15) is 19.0 Å². The van der Waals surface area contributed by atoms with Gasteiger partial charge in [0.25, 0.3) is 5.91 Å². The fourth-order valence-electron chi connectivity index (χ4n) is 2.27. The van der Waals surface area contributed by atoms with Gasteiger partial charge in [0.1, 0.15) is 0 Å². The van der Waals surface area contributed by atoms with Crippen LogP contribution in [0.2, 0.25) is 0 Å². The predicted octanol–water partition coefficient (Wildman–Crippen LogP) is 1.05. The molecule has 0 bridgehead atoms. The molecule has 1 unspecified atom stereocenters. The lowest BCUT2D eigenvalue weighted by molar-refractivity contribution is -0.117. The molecule has 2 rings (SSSR count). The number of nitrogens with two attached hydrogens (primary N) is 1. The first-order valence-electron chi connectivity index (χ1n) is 6.56. The minimum Gasteiger partial charge on any atom is -0.381 e. The molecule has 1 aliphatic heterocycles. The van der Waals surface area contributed by atoms with Gasteiger partial charge in [0.15, 0.2) is 5.84 Å². The van der Waals surface area contributed by atoms with Crippen molar-refractivity contribution in [3.05, 3.63) is 29.6 Å². The number of anilines is 1. The summed E-state index contributed by atoms with van der Waals surface area (Å²) in [6.07, 6.45) is 2.21. The molecule has 0 spiro atoms. The molecule has 7 heteroatoms. The number of amides is 1. The summed E-state index contributed by atoms with van der Waals surface area (Å²) in [7, 11) is 3.82. The summed E-state index contributed by atoms with van der Waals surface area (Å²) < 4.78 is 12.5. The summed E-state index contributed by atoms with van der Waals surface area (Å²) >= 11 is 0. The molecule has 0 aliphatic carbocycles. The zero-order chi connectivity index (χ0) is 15.6. The van der Waals surface area contributed by atoms with Gasteiger partial charge in [-0.3, -0.25) is 9.78 Å². The Morgan fingerprint density at radius 1 is 1.52 bits per heavy atom. The van der Waals surface area contributed by atoms with Crippen LogP contribution in [-0.2, 0) is 4.79 Å². The van der Waals surface area contributed by atoms with Gasteiger partial charge in [0, 0.05) is 20.1 Å². The standard InChI is InChI=1S/C14H18FN5O/c1-8-6-10(12(13(16)19-15)14(21)18-8)11-5-4-9(7-17-11)20(2)3/h4-5,7-8H,6H2,1-3H3,(H2,16,19)(H,18,21). The van der Waals surface area contributed by atoms with Gasteiger partial charge in [-0.05, 0) is 31.1 Å². The van der Waals surface area contributed by atoms with Crippen LogP contribution in [0, 0.1) is 0 Å². The van der Waals surface area contributed by atoms with Crippen LogP contribution < -0.4 is 16.0 Å². The lowest BCUT2D eigenvalue weighted by atomic mass is 9.92. The van der Waals surface area contributed by atoms with Crippen LogP contribution >= 0.6 is 0 Å². The first kappa shape index (κ1) is 15.0. The number of pyridine rings is 1. The van der Waals surface area contributed by atoms with Crippen LogP contribution in [0.4, 0.5) is 10.2 Å². The number of aromatic nitrogens is 1. The second kappa shape index (κ2) is 5.90. The fourth-order valence-corrected chi connectivity index (χ4v) is 2.27. The van der Waals surface area contributed by atoms with E-state index in [-0.39, 0.29) is 11.6 Å². The molecular weight excluding hydrogens is 273 g/mol. The molecule has 1 aliphatic rings. The molecule has 1 amide bonds. The number of hydrogen-bond donors (Lipinski definition) is 2. The Morgan fingerprint density at radius 3 is 2.76 bits per heavy atom. The average Bonchev–Trinajstić information content (AvgIpc) is 2.45. The Morgan fingerprint density at radius 2 is 2.24 bits per heavy atom. The summed E-state index contributed by atoms with van der Waals surface area (Å²) in [6.45, 7) is 1.87. The number of carbonyl (C=O) groups is 1. The molecule has 2 heterocycles. The van der Waals surface area contributed by atoms with Crippen LogP contribution in [-0.4, -0.2) is 36.9 Å². The topological polar surface area (TPSA) is 83.6 Å². The molecule has 0 aromatic carbocycles. The smallest absolute Gasteiger partial charge is 0.255 e. The highest BCUT2D eigenvalue weighted by Crippen LogP contribution is 2.27. The molecule has 0 saturated heterocycles. The molecule has 0 saturated carbocycles. The van der Waals surface area contributed by atoms with Crippen molar-refractivity contribution in [1.29, 1.82) is 0 Å². The SMILES string of the molecule is CC1CC(c2ccc(N(C)C)cn2)=C(/C(N)=N/F)C(=O)N1. The Labute approximate surface area is 122 Å². The highest BCUT2D eigenvalue weighted by molar-refractivity contribution is 6.25. The maximum absolute atomic E-state index is 12.5. The molecule has 6 nitrogen and oxygen atoms in total. The van der Waals surface area contributed by atoms with Gasteiger partial charge in [0.05, 0.1) is 23.2 Å². The quantitative estimate of drug-likeness (QED) is 0.644. The highest BCUT2D eigenvalue weighted by atomic mass is 19.2. The van der Waals surface area contributed by atoms with Gasteiger partial charge in [-0.15, -0.1) is 0 Å². The summed E-state index contributed by atoms with van der Waals surface area (Å²) in [5, 5.41) is 5.16. The Bertz CT molecular complexity index is 606. The molecule has 3 N–H and O–H groups in total. The van der Waals surface area contributed by atoms with E-state index < -0.39 is 11.7 Å². The number of nitrogens with zero attached hydrogens (tertiary/aromatic N) is 3. The molecule has 0 fully saturated rings. The summed E-state index contributed by atoms with van der Waals surface area (Å²) in [5.74, 6) is -0.853. The van der Waals surface area contributed by atoms with Gasteiger partial charge < -0.3 is 16.0 Å². The third kappa shape index (κ3) is 3.01. The van der Waals surface area contributed by atoms with E-state index in [9.17, 15) is 9.28 Å². The average molecular weight is 291 g/mol. The maximum Gasteiger partial charge on any atom is 0.255 e. The van der Waals surface area contributed by atoms with Crippen LogP contribution in [0.25, 0.3) is 5.57 Å². The van der Waals surface area contributed by atoms with Gasteiger partial charge in [-0.25, -0.2) is 0 Å². The Hall–Kier alpha value is -2.44. The third-order valence-electron chi connectivity index (χ3n) is 3.34. The van der Waals surface area contributed by atoms with Crippen LogP contribution in [0.3, 0.4) is 0 Å². The Balaban J connectivity index is 2.52. The number of carbonyl (C=O) groups excluding carboxylic acids is 1. The van der Waals surface area contributed by atoms with Gasteiger partial charge in [0.2, 0.25) is 0 Å². The molecule has 1 atom stereocenters. The highest BCUT2D eigenvalue weighted by Gasteiger charge is 2.28. The summed E-state index contributed by atoms with van der Waals surface area (Å²) in [6, 6.07) is 3.60.